The minimum Gasteiger partial charge on any atom is -0.480 e. The van der Waals surface area contributed by atoms with Crippen LogP contribution in [0.2, 0.25) is 0 Å². The largest absolute Gasteiger partial charge is 0.480 e. The third-order valence-electron chi connectivity index (χ3n) is 1.62. The fourth-order valence-electron chi connectivity index (χ4n) is 0.706. The summed E-state index contributed by atoms with van der Waals surface area (Å²) in [6.45, 7) is 6.05. The first-order valence-electron chi connectivity index (χ1n) is 4.00. The first-order valence-corrected chi connectivity index (χ1v) is 4.94. The van der Waals surface area contributed by atoms with Crippen molar-refractivity contribution in [2.75, 3.05) is 0 Å². The Morgan fingerprint density at radius 2 is 2.00 bits per heavy atom. The molecule has 0 aliphatic rings. The van der Waals surface area contributed by atoms with E-state index in [-0.39, 0.29) is 5.25 Å². The number of hydrogen-bond acceptors (Lipinski definition) is 2. The predicted molar refractivity (Wildman–Crippen MR) is 49.1 cm³/mol. The lowest BCUT2D eigenvalue weighted by molar-refractivity contribution is -0.136. The Labute approximate surface area is 72.4 Å². The van der Waals surface area contributed by atoms with Crippen LogP contribution in [0.15, 0.2) is 0 Å². The molecule has 0 rings (SSSR count). The van der Waals surface area contributed by atoms with Gasteiger partial charge in [-0.25, -0.2) is 0 Å². The second kappa shape index (κ2) is 5.47. The van der Waals surface area contributed by atoms with Crippen LogP contribution in [0.1, 0.15) is 33.6 Å². The highest BCUT2D eigenvalue weighted by Gasteiger charge is 2.17. The molecule has 0 aromatic rings. The van der Waals surface area contributed by atoms with Crippen molar-refractivity contribution in [3.63, 3.8) is 0 Å². The lowest BCUT2D eigenvalue weighted by atomic mass is 10.3. The quantitative estimate of drug-likeness (QED) is 0.698. The van der Waals surface area contributed by atoms with Gasteiger partial charge in [0.05, 0.1) is 0 Å². The van der Waals surface area contributed by atoms with Gasteiger partial charge < -0.3 is 5.11 Å². The van der Waals surface area contributed by atoms with E-state index in [2.05, 4.69) is 13.8 Å². The molecular weight excluding hydrogens is 160 g/mol. The zero-order valence-electron chi connectivity index (χ0n) is 7.33. The molecule has 0 amide bonds. The lowest BCUT2D eigenvalue weighted by Crippen LogP contribution is -2.17. The summed E-state index contributed by atoms with van der Waals surface area (Å²) < 4.78 is 0. The molecule has 0 aromatic carbocycles. The van der Waals surface area contributed by atoms with Crippen molar-refractivity contribution >= 4 is 17.7 Å². The first kappa shape index (κ1) is 10.8. The molecule has 0 fully saturated rings. The third kappa shape index (κ3) is 4.30. The summed E-state index contributed by atoms with van der Waals surface area (Å²) in [6, 6.07) is 0. The SMILES string of the molecule is CCC(C)SC(CC)C(=O)O. The number of rotatable bonds is 5. The number of carbonyl (C=O) groups is 1. The molecule has 11 heavy (non-hydrogen) atoms. The van der Waals surface area contributed by atoms with E-state index in [1.54, 1.807) is 11.8 Å². The van der Waals surface area contributed by atoms with E-state index in [4.69, 9.17) is 5.11 Å². The Morgan fingerprint density at radius 1 is 1.45 bits per heavy atom. The van der Waals surface area contributed by atoms with E-state index in [0.717, 1.165) is 6.42 Å². The summed E-state index contributed by atoms with van der Waals surface area (Å²) >= 11 is 1.55. The minimum atomic E-state index is -0.683. The fraction of sp³-hybridized carbons (Fsp3) is 0.875. The normalized spacial score (nSPS) is 15.9. The number of thioether (sulfide) groups is 1. The number of carboxylic acid groups (broad SMARTS) is 1. The van der Waals surface area contributed by atoms with Gasteiger partial charge in [0, 0.05) is 5.25 Å². The van der Waals surface area contributed by atoms with Crippen molar-refractivity contribution in [3.05, 3.63) is 0 Å². The summed E-state index contributed by atoms with van der Waals surface area (Å²) in [5, 5.41) is 8.93. The van der Waals surface area contributed by atoms with Gasteiger partial charge in [0.1, 0.15) is 5.25 Å². The van der Waals surface area contributed by atoms with Crippen LogP contribution in [0.4, 0.5) is 0 Å². The van der Waals surface area contributed by atoms with E-state index in [1.807, 2.05) is 6.92 Å². The number of carboxylic acids is 1. The van der Waals surface area contributed by atoms with Gasteiger partial charge in [-0.15, -0.1) is 11.8 Å². The highest BCUT2D eigenvalue weighted by atomic mass is 32.2. The molecule has 1 N–H and O–H groups in total. The van der Waals surface area contributed by atoms with Gasteiger partial charge >= 0.3 is 5.97 Å². The molecule has 0 radical (unpaired) electrons. The first-order chi connectivity index (χ1) is 5.11. The maximum atomic E-state index is 10.6. The molecule has 2 unspecified atom stereocenters. The van der Waals surface area contributed by atoms with Crippen molar-refractivity contribution in [2.45, 2.75) is 44.1 Å². The molecule has 2 nitrogen and oxygen atoms in total. The van der Waals surface area contributed by atoms with E-state index in [1.165, 1.54) is 0 Å². The summed E-state index contributed by atoms with van der Waals surface area (Å²) in [7, 11) is 0. The van der Waals surface area contributed by atoms with Crippen molar-refractivity contribution < 1.29 is 9.90 Å². The highest BCUT2D eigenvalue weighted by Crippen LogP contribution is 2.22. The van der Waals surface area contributed by atoms with Crippen LogP contribution < -0.4 is 0 Å². The van der Waals surface area contributed by atoms with Crippen LogP contribution in [0.5, 0.6) is 0 Å². The molecule has 2 atom stereocenters. The van der Waals surface area contributed by atoms with Crippen molar-refractivity contribution in [3.8, 4) is 0 Å². The van der Waals surface area contributed by atoms with Gasteiger partial charge in [-0.3, -0.25) is 4.79 Å². The van der Waals surface area contributed by atoms with E-state index in [9.17, 15) is 4.79 Å². The minimum absolute atomic E-state index is 0.218. The predicted octanol–water partition coefficient (Wildman–Crippen LogP) is 2.38. The average Bonchev–Trinajstić information content (AvgIpc) is 1.99. The van der Waals surface area contributed by atoms with Crippen LogP contribution in [0.25, 0.3) is 0 Å². The van der Waals surface area contributed by atoms with Crippen LogP contribution in [-0.2, 0) is 4.79 Å². The molecule has 66 valence electrons. The fourth-order valence-corrected chi connectivity index (χ4v) is 1.77. The molecular formula is C8H16O2S. The smallest absolute Gasteiger partial charge is 0.316 e. The molecule has 0 aliphatic heterocycles. The molecule has 0 saturated heterocycles. The molecule has 0 aliphatic carbocycles. The van der Waals surface area contributed by atoms with Crippen LogP contribution >= 0.6 is 11.8 Å². The summed E-state index contributed by atoms with van der Waals surface area (Å²) in [5.41, 5.74) is 0. The molecule has 3 heteroatoms. The van der Waals surface area contributed by atoms with Gasteiger partial charge in [0.2, 0.25) is 0 Å². The van der Waals surface area contributed by atoms with Crippen LogP contribution in [0.3, 0.4) is 0 Å². The summed E-state index contributed by atoms with van der Waals surface area (Å²) in [6.07, 6.45) is 1.75. The van der Waals surface area contributed by atoms with E-state index >= 15 is 0 Å². The second-order valence-corrected chi connectivity index (χ2v) is 4.24. The molecule has 0 bridgehead atoms. The topological polar surface area (TPSA) is 37.3 Å². The Balaban J connectivity index is 3.77. The Hall–Kier alpha value is -0.180. The Kier molecular flexibility index (Phi) is 5.38. The second-order valence-electron chi connectivity index (χ2n) is 2.59. The zero-order chi connectivity index (χ0) is 8.85. The zero-order valence-corrected chi connectivity index (χ0v) is 8.15. The van der Waals surface area contributed by atoms with Crippen LogP contribution in [-0.4, -0.2) is 21.6 Å². The molecule has 0 spiro atoms. The Morgan fingerprint density at radius 3 is 2.27 bits per heavy atom. The van der Waals surface area contributed by atoms with Crippen LogP contribution in [0, 0.1) is 0 Å². The molecule has 0 heterocycles. The van der Waals surface area contributed by atoms with Gasteiger partial charge in [-0.05, 0) is 12.8 Å². The lowest BCUT2D eigenvalue weighted by Gasteiger charge is -2.13. The Bertz CT molecular complexity index is 125. The highest BCUT2D eigenvalue weighted by molar-refractivity contribution is 8.01. The van der Waals surface area contributed by atoms with Crippen molar-refractivity contribution in [2.24, 2.45) is 0 Å². The molecule has 0 saturated carbocycles. The number of aliphatic carboxylic acids is 1. The monoisotopic (exact) mass is 176 g/mol. The van der Waals surface area contributed by atoms with Crippen molar-refractivity contribution in [1.29, 1.82) is 0 Å². The maximum Gasteiger partial charge on any atom is 0.316 e. The van der Waals surface area contributed by atoms with E-state index in [0.29, 0.717) is 11.7 Å². The average molecular weight is 176 g/mol. The summed E-state index contributed by atoms with van der Waals surface area (Å²) in [4.78, 5) is 10.6. The van der Waals surface area contributed by atoms with Gasteiger partial charge in [-0.1, -0.05) is 20.8 Å². The van der Waals surface area contributed by atoms with Gasteiger partial charge in [-0.2, -0.15) is 0 Å². The summed E-state index contributed by atoms with van der Waals surface area (Å²) in [5.74, 6) is -0.683. The van der Waals surface area contributed by atoms with E-state index < -0.39 is 5.97 Å². The molecule has 0 aromatic heterocycles. The third-order valence-corrected chi connectivity index (χ3v) is 3.28. The standard InChI is InChI=1S/C8H16O2S/c1-4-6(3)11-7(5-2)8(9)10/h6-7H,4-5H2,1-3H3,(H,9,10). The van der Waals surface area contributed by atoms with Crippen molar-refractivity contribution in [1.82, 2.24) is 0 Å². The van der Waals surface area contributed by atoms with Gasteiger partial charge in [0.15, 0.2) is 0 Å². The maximum absolute atomic E-state index is 10.6. The number of hydrogen-bond donors (Lipinski definition) is 1. The van der Waals surface area contributed by atoms with Gasteiger partial charge in [0.25, 0.3) is 0 Å².